The van der Waals surface area contributed by atoms with Gasteiger partial charge in [-0.05, 0) is 36.8 Å². The van der Waals surface area contributed by atoms with Crippen LogP contribution in [-0.2, 0) is 0 Å². The molecule has 4 rings (SSSR count). The van der Waals surface area contributed by atoms with E-state index in [9.17, 15) is 9.59 Å². The fourth-order valence-electron chi connectivity index (χ4n) is 3.09. The van der Waals surface area contributed by atoms with Crippen LogP contribution in [0.1, 0.15) is 26.3 Å². The van der Waals surface area contributed by atoms with E-state index in [1.54, 1.807) is 24.3 Å². The Hall–Kier alpha value is -4.32. The number of aryl methyl sites for hydroxylation is 1. The van der Waals surface area contributed by atoms with E-state index in [1.165, 1.54) is 12.4 Å². The Morgan fingerprint density at radius 3 is 2.19 bits per heavy atom. The van der Waals surface area contributed by atoms with Gasteiger partial charge >= 0.3 is 0 Å². The summed E-state index contributed by atoms with van der Waals surface area (Å²) in [6, 6.07) is 23.9. The molecule has 0 saturated carbocycles. The molecule has 1 aromatic heterocycles. The van der Waals surface area contributed by atoms with Crippen molar-refractivity contribution in [3.8, 4) is 11.4 Å². The zero-order chi connectivity index (χ0) is 21.6. The quantitative estimate of drug-likeness (QED) is 0.489. The van der Waals surface area contributed by atoms with Crippen LogP contribution in [0.15, 0.2) is 91.3 Å². The number of rotatable bonds is 5. The third kappa shape index (κ3) is 4.82. The molecule has 0 spiro atoms. The van der Waals surface area contributed by atoms with E-state index in [0.29, 0.717) is 28.3 Å². The lowest BCUT2D eigenvalue weighted by Crippen LogP contribution is -2.18. The number of nitrogens with zero attached hydrogens (tertiary/aromatic N) is 2. The summed E-state index contributed by atoms with van der Waals surface area (Å²) in [4.78, 5) is 34.1. The summed E-state index contributed by atoms with van der Waals surface area (Å²) in [6.45, 7) is 1.95. The van der Waals surface area contributed by atoms with E-state index in [2.05, 4.69) is 20.6 Å². The highest BCUT2D eigenvalue weighted by Crippen LogP contribution is 2.19. The van der Waals surface area contributed by atoms with Gasteiger partial charge in [-0.15, -0.1) is 0 Å². The number of carbonyl (C=O) groups is 2. The number of para-hydroxylation sites is 1. The van der Waals surface area contributed by atoms with Crippen molar-refractivity contribution in [2.75, 3.05) is 10.6 Å². The van der Waals surface area contributed by atoms with Crippen LogP contribution in [0, 0.1) is 6.92 Å². The molecule has 4 aromatic rings. The van der Waals surface area contributed by atoms with Gasteiger partial charge in [-0.1, -0.05) is 54.6 Å². The highest BCUT2D eigenvalue weighted by atomic mass is 16.2. The summed E-state index contributed by atoms with van der Waals surface area (Å²) >= 11 is 0. The first-order valence-corrected chi connectivity index (χ1v) is 9.76. The minimum Gasteiger partial charge on any atom is -0.322 e. The Kier molecular flexibility index (Phi) is 5.80. The molecule has 6 heteroatoms. The molecule has 152 valence electrons. The molecule has 0 unspecified atom stereocenters. The third-order valence-electron chi connectivity index (χ3n) is 4.64. The van der Waals surface area contributed by atoms with Crippen LogP contribution in [-0.4, -0.2) is 21.8 Å². The Bertz CT molecular complexity index is 1220. The van der Waals surface area contributed by atoms with Crippen LogP contribution < -0.4 is 10.6 Å². The van der Waals surface area contributed by atoms with Gasteiger partial charge < -0.3 is 10.6 Å². The van der Waals surface area contributed by atoms with E-state index in [-0.39, 0.29) is 5.91 Å². The van der Waals surface area contributed by atoms with Gasteiger partial charge in [0.1, 0.15) is 0 Å². The summed E-state index contributed by atoms with van der Waals surface area (Å²) in [5, 5.41) is 5.65. The topological polar surface area (TPSA) is 84.0 Å². The molecule has 31 heavy (non-hydrogen) atoms. The molecule has 6 nitrogen and oxygen atoms in total. The summed E-state index contributed by atoms with van der Waals surface area (Å²) in [6.07, 6.45) is 2.94. The van der Waals surface area contributed by atoms with Crippen LogP contribution in [0.5, 0.6) is 0 Å². The zero-order valence-corrected chi connectivity index (χ0v) is 16.9. The standard InChI is InChI=1S/C25H20N4O2/c1-17-8-7-11-20(14-17)28-25(31)21-12-5-6-13-22(21)29-24(30)19-15-26-23(27-16-19)18-9-3-2-4-10-18/h2-16H,1H3,(H,28,31)(H,29,30). The van der Waals surface area contributed by atoms with Gasteiger partial charge in [0.25, 0.3) is 11.8 Å². The molecule has 0 aliphatic carbocycles. The monoisotopic (exact) mass is 408 g/mol. The minimum absolute atomic E-state index is 0.300. The Labute approximate surface area is 180 Å². The molecule has 0 aliphatic rings. The SMILES string of the molecule is Cc1cccc(NC(=O)c2ccccc2NC(=O)c2cnc(-c3ccccc3)nc2)c1. The summed E-state index contributed by atoms with van der Waals surface area (Å²) < 4.78 is 0. The predicted octanol–water partition coefficient (Wildman–Crippen LogP) is 4.96. The van der Waals surface area contributed by atoms with Crippen LogP contribution in [0.25, 0.3) is 11.4 Å². The molecule has 0 fully saturated rings. The second-order valence-electron chi connectivity index (χ2n) is 6.98. The van der Waals surface area contributed by atoms with E-state index in [4.69, 9.17) is 0 Å². The third-order valence-corrected chi connectivity index (χ3v) is 4.64. The molecule has 0 bridgehead atoms. The number of amides is 2. The van der Waals surface area contributed by atoms with E-state index in [1.807, 2.05) is 61.5 Å². The van der Waals surface area contributed by atoms with Gasteiger partial charge in [0.05, 0.1) is 16.8 Å². The van der Waals surface area contributed by atoms with Crippen LogP contribution in [0.2, 0.25) is 0 Å². The van der Waals surface area contributed by atoms with Gasteiger partial charge in [-0.2, -0.15) is 0 Å². The summed E-state index contributed by atoms with van der Waals surface area (Å²) in [5.74, 6) is -0.164. The smallest absolute Gasteiger partial charge is 0.258 e. The van der Waals surface area contributed by atoms with Gasteiger partial charge in [0.15, 0.2) is 5.82 Å². The van der Waals surface area contributed by atoms with Crippen molar-refractivity contribution in [1.29, 1.82) is 0 Å². The molecule has 0 atom stereocenters. The normalized spacial score (nSPS) is 10.4. The lowest BCUT2D eigenvalue weighted by molar-refractivity contribution is 0.102. The van der Waals surface area contributed by atoms with Gasteiger partial charge in [-0.3, -0.25) is 9.59 Å². The average molecular weight is 408 g/mol. The average Bonchev–Trinajstić information content (AvgIpc) is 2.80. The number of benzene rings is 3. The van der Waals surface area contributed by atoms with Crippen molar-refractivity contribution < 1.29 is 9.59 Å². The molecule has 2 N–H and O–H groups in total. The first-order chi connectivity index (χ1) is 15.1. The lowest BCUT2D eigenvalue weighted by Gasteiger charge is -2.12. The summed E-state index contributed by atoms with van der Waals surface area (Å²) in [5.41, 5.74) is 3.67. The Balaban J connectivity index is 1.50. The lowest BCUT2D eigenvalue weighted by atomic mass is 10.1. The maximum absolute atomic E-state index is 12.8. The van der Waals surface area contributed by atoms with Crippen LogP contribution in [0.3, 0.4) is 0 Å². The maximum atomic E-state index is 12.8. The molecule has 2 amide bonds. The Morgan fingerprint density at radius 1 is 0.742 bits per heavy atom. The van der Waals surface area contributed by atoms with Crippen molar-refractivity contribution in [2.45, 2.75) is 6.92 Å². The van der Waals surface area contributed by atoms with Gasteiger partial charge in [0.2, 0.25) is 0 Å². The van der Waals surface area contributed by atoms with Crippen LogP contribution >= 0.6 is 0 Å². The number of nitrogens with one attached hydrogen (secondary N) is 2. The van der Waals surface area contributed by atoms with E-state index < -0.39 is 5.91 Å². The molecule has 0 radical (unpaired) electrons. The number of carbonyl (C=O) groups excluding carboxylic acids is 2. The molecule has 0 aliphatic heterocycles. The number of aromatic nitrogens is 2. The van der Waals surface area contributed by atoms with Crippen molar-refractivity contribution >= 4 is 23.2 Å². The van der Waals surface area contributed by atoms with E-state index >= 15 is 0 Å². The highest BCUT2D eigenvalue weighted by Gasteiger charge is 2.15. The number of anilines is 2. The molecular formula is C25H20N4O2. The van der Waals surface area contributed by atoms with Gasteiger partial charge in [0, 0.05) is 23.6 Å². The minimum atomic E-state index is -0.393. The Morgan fingerprint density at radius 2 is 1.45 bits per heavy atom. The van der Waals surface area contributed by atoms with Gasteiger partial charge in [-0.25, -0.2) is 9.97 Å². The molecule has 3 aromatic carbocycles. The fraction of sp³-hybridized carbons (Fsp3) is 0.0400. The summed E-state index contributed by atoms with van der Waals surface area (Å²) in [7, 11) is 0. The van der Waals surface area contributed by atoms with Crippen molar-refractivity contribution in [1.82, 2.24) is 9.97 Å². The molecule has 1 heterocycles. The molecular weight excluding hydrogens is 388 g/mol. The highest BCUT2D eigenvalue weighted by molar-refractivity contribution is 6.12. The van der Waals surface area contributed by atoms with E-state index in [0.717, 1.165) is 11.1 Å². The van der Waals surface area contributed by atoms with Crippen molar-refractivity contribution in [3.05, 3.63) is 108 Å². The second kappa shape index (κ2) is 9.00. The maximum Gasteiger partial charge on any atom is 0.258 e. The molecule has 0 saturated heterocycles. The fourth-order valence-corrected chi connectivity index (χ4v) is 3.09. The largest absolute Gasteiger partial charge is 0.322 e. The van der Waals surface area contributed by atoms with Crippen molar-refractivity contribution in [3.63, 3.8) is 0 Å². The predicted molar refractivity (Wildman–Crippen MR) is 121 cm³/mol. The number of hydrogen-bond acceptors (Lipinski definition) is 4. The first-order valence-electron chi connectivity index (χ1n) is 9.76. The van der Waals surface area contributed by atoms with Crippen molar-refractivity contribution in [2.24, 2.45) is 0 Å². The van der Waals surface area contributed by atoms with Crippen LogP contribution in [0.4, 0.5) is 11.4 Å². The second-order valence-corrected chi connectivity index (χ2v) is 6.98. The first kappa shape index (κ1) is 20.0. The number of hydrogen-bond donors (Lipinski definition) is 2. The zero-order valence-electron chi connectivity index (χ0n) is 16.9.